The SMILES string of the molecule is C=C1C=CN([SH](=O)=O)C=C1. The number of rotatable bonds is 1. The zero-order chi connectivity index (χ0) is 7.56. The Balaban J connectivity index is 2.81. The van der Waals surface area contributed by atoms with E-state index in [1.54, 1.807) is 12.2 Å². The second-order valence-corrected chi connectivity index (χ2v) is 2.76. The summed E-state index contributed by atoms with van der Waals surface area (Å²) in [7, 11) is -2.52. The van der Waals surface area contributed by atoms with Crippen molar-refractivity contribution in [3.8, 4) is 0 Å². The van der Waals surface area contributed by atoms with Gasteiger partial charge in [0.25, 0.3) is 0 Å². The number of thiol groups is 1. The topological polar surface area (TPSA) is 37.4 Å². The van der Waals surface area contributed by atoms with Gasteiger partial charge in [-0.05, 0) is 17.7 Å². The minimum atomic E-state index is -2.52. The molecule has 1 aliphatic rings. The molecule has 0 aliphatic carbocycles. The first-order chi connectivity index (χ1) is 4.70. The van der Waals surface area contributed by atoms with Gasteiger partial charge in [0.1, 0.15) is 0 Å². The van der Waals surface area contributed by atoms with E-state index >= 15 is 0 Å². The number of nitrogens with zero attached hydrogens (tertiary/aromatic N) is 1. The second-order valence-electron chi connectivity index (χ2n) is 1.82. The Morgan fingerprint density at radius 3 is 2.20 bits per heavy atom. The first-order valence-corrected chi connectivity index (χ1v) is 3.81. The van der Waals surface area contributed by atoms with Crippen LogP contribution in [0.2, 0.25) is 0 Å². The van der Waals surface area contributed by atoms with Crippen molar-refractivity contribution in [2.75, 3.05) is 0 Å². The molecule has 1 heterocycles. The van der Waals surface area contributed by atoms with Crippen LogP contribution >= 0.6 is 0 Å². The molecule has 1 rings (SSSR count). The zero-order valence-electron chi connectivity index (χ0n) is 5.23. The van der Waals surface area contributed by atoms with Crippen LogP contribution in [0.5, 0.6) is 0 Å². The summed E-state index contributed by atoms with van der Waals surface area (Å²) >= 11 is 0. The van der Waals surface area contributed by atoms with Crippen LogP contribution in [-0.4, -0.2) is 12.7 Å². The summed E-state index contributed by atoms with van der Waals surface area (Å²) in [5.74, 6) is 0. The van der Waals surface area contributed by atoms with Gasteiger partial charge in [-0.25, -0.2) is 8.42 Å². The molecule has 54 valence electrons. The molecule has 0 N–H and O–H groups in total. The summed E-state index contributed by atoms with van der Waals surface area (Å²) in [6, 6.07) is 0. The normalized spacial score (nSPS) is 16.9. The first-order valence-electron chi connectivity index (χ1n) is 2.68. The van der Waals surface area contributed by atoms with Crippen LogP contribution in [0.1, 0.15) is 0 Å². The molecular formula is C6H7NO2S. The van der Waals surface area contributed by atoms with E-state index in [1.165, 1.54) is 12.4 Å². The van der Waals surface area contributed by atoms with E-state index in [0.29, 0.717) is 0 Å². The van der Waals surface area contributed by atoms with Crippen LogP contribution in [0.4, 0.5) is 0 Å². The van der Waals surface area contributed by atoms with E-state index in [4.69, 9.17) is 0 Å². The van der Waals surface area contributed by atoms with E-state index in [-0.39, 0.29) is 0 Å². The predicted octanol–water partition coefficient (Wildman–Crippen LogP) is 0.412. The van der Waals surface area contributed by atoms with Crippen molar-refractivity contribution in [2.24, 2.45) is 0 Å². The minimum Gasteiger partial charge on any atom is -0.255 e. The molecule has 0 radical (unpaired) electrons. The molecular weight excluding hydrogens is 150 g/mol. The molecule has 0 aromatic heterocycles. The molecule has 10 heavy (non-hydrogen) atoms. The average Bonchev–Trinajstić information content (AvgIpc) is 1.88. The van der Waals surface area contributed by atoms with Gasteiger partial charge in [-0.2, -0.15) is 0 Å². The van der Waals surface area contributed by atoms with Crippen molar-refractivity contribution in [1.82, 2.24) is 4.31 Å². The molecule has 4 heteroatoms. The summed E-state index contributed by atoms with van der Waals surface area (Å²) in [6.45, 7) is 3.61. The Morgan fingerprint density at radius 1 is 1.30 bits per heavy atom. The predicted molar refractivity (Wildman–Crippen MR) is 39.6 cm³/mol. The van der Waals surface area contributed by atoms with Crippen molar-refractivity contribution < 1.29 is 8.42 Å². The van der Waals surface area contributed by atoms with Crippen LogP contribution < -0.4 is 0 Å². The molecule has 0 saturated carbocycles. The summed E-state index contributed by atoms with van der Waals surface area (Å²) in [5.41, 5.74) is 0.799. The van der Waals surface area contributed by atoms with Crippen molar-refractivity contribution in [3.63, 3.8) is 0 Å². The fraction of sp³-hybridized carbons (Fsp3) is 0. The summed E-state index contributed by atoms with van der Waals surface area (Å²) in [5, 5.41) is 0. The van der Waals surface area contributed by atoms with Crippen LogP contribution in [0.15, 0.2) is 36.7 Å². The van der Waals surface area contributed by atoms with Gasteiger partial charge in [-0.15, -0.1) is 0 Å². The van der Waals surface area contributed by atoms with Crippen molar-refractivity contribution >= 4 is 10.9 Å². The Bertz CT molecular complexity index is 251. The molecule has 0 amide bonds. The molecule has 0 fully saturated rings. The highest BCUT2D eigenvalue weighted by molar-refractivity contribution is 7.70. The lowest BCUT2D eigenvalue weighted by Crippen LogP contribution is -2.08. The van der Waals surface area contributed by atoms with Gasteiger partial charge >= 0.3 is 0 Å². The largest absolute Gasteiger partial charge is 0.255 e. The van der Waals surface area contributed by atoms with Crippen LogP contribution in [-0.2, 0) is 10.9 Å². The molecule has 1 aliphatic heterocycles. The van der Waals surface area contributed by atoms with Crippen LogP contribution in [0, 0.1) is 0 Å². The van der Waals surface area contributed by atoms with E-state index in [1.807, 2.05) is 0 Å². The Kier molecular flexibility index (Phi) is 1.91. The first kappa shape index (κ1) is 7.08. The lowest BCUT2D eigenvalue weighted by Gasteiger charge is -2.09. The number of hydrogen-bond acceptors (Lipinski definition) is 2. The van der Waals surface area contributed by atoms with E-state index in [9.17, 15) is 8.42 Å². The average molecular weight is 157 g/mol. The highest BCUT2D eigenvalue weighted by Crippen LogP contribution is 2.05. The second kappa shape index (κ2) is 2.70. The molecule has 0 unspecified atom stereocenters. The van der Waals surface area contributed by atoms with Crippen LogP contribution in [0.25, 0.3) is 0 Å². The van der Waals surface area contributed by atoms with Gasteiger partial charge in [-0.3, -0.25) is 4.31 Å². The van der Waals surface area contributed by atoms with Gasteiger partial charge < -0.3 is 0 Å². The fourth-order valence-electron chi connectivity index (χ4n) is 0.558. The molecule has 3 nitrogen and oxygen atoms in total. The minimum absolute atomic E-state index is 0.799. The number of allylic oxidation sites excluding steroid dienone is 3. The molecule has 0 spiro atoms. The maximum atomic E-state index is 10.3. The van der Waals surface area contributed by atoms with Crippen LogP contribution in [0.3, 0.4) is 0 Å². The lowest BCUT2D eigenvalue weighted by atomic mass is 10.3. The monoisotopic (exact) mass is 157 g/mol. The molecule has 0 bridgehead atoms. The third-order valence-corrected chi connectivity index (χ3v) is 1.72. The van der Waals surface area contributed by atoms with Gasteiger partial charge in [0.15, 0.2) is 0 Å². The third kappa shape index (κ3) is 1.48. The quantitative estimate of drug-likeness (QED) is 0.560. The molecule has 0 saturated heterocycles. The Morgan fingerprint density at radius 2 is 1.80 bits per heavy atom. The number of hydrogen-bond donors (Lipinski definition) is 1. The van der Waals surface area contributed by atoms with Gasteiger partial charge in [0.05, 0.1) is 0 Å². The maximum absolute atomic E-state index is 10.3. The zero-order valence-corrected chi connectivity index (χ0v) is 6.12. The van der Waals surface area contributed by atoms with E-state index < -0.39 is 10.9 Å². The maximum Gasteiger partial charge on any atom is 0.228 e. The molecule has 0 aromatic rings. The van der Waals surface area contributed by atoms with Gasteiger partial charge in [-0.1, -0.05) is 6.58 Å². The van der Waals surface area contributed by atoms with Gasteiger partial charge in [0.2, 0.25) is 10.9 Å². The lowest BCUT2D eigenvalue weighted by molar-refractivity contribution is 0.575. The van der Waals surface area contributed by atoms with Gasteiger partial charge in [0, 0.05) is 12.4 Å². The highest BCUT2D eigenvalue weighted by atomic mass is 32.2. The van der Waals surface area contributed by atoms with Crippen molar-refractivity contribution in [3.05, 3.63) is 36.7 Å². The Hall–Kier alpha value is -1.03. The smallest absolute Gasteiger partial charge is 0.228 e. The molecule has 0 atom stereocenters. The highest BCUT2D eigenvalue weighted by Gasteiger charge is 1.98. The van der Waals surface area contributed by atoms with Crippen molar-refractivity contribution in [2.45, 2.75) is 0 Å². The summed E-state index contributed by atoms with van der Waals surface area (Å²) in [6.07, 6.45) is 6.17. The Labute approximate surface area is 61.0 Å². The summed E-state index contributed by atoms with van der Waals surface area (Å²) < 4.78 is 21.7. The van der Waals surface area contributed by atoms with Crippen molar-refractivity contribution in [1.29, 1.82) is 0 Å². The third-order valence-electron chi connectivity index (χ3n) is 1.07. The fourth-order valence-corrected chi connectivity index (χ4v) is 0.909. The van der Waals surface area contributed by atoms with E-state index in [2.05, 4.69) is 6.58 Å². The summed E-state index contributed by atoms with van der Waals surface area (Å²) in [4.78, 5) is 0. The standard InChI is InChI=1S/C6H7NO2S/c1-6-2-4-7(5-3-6)10(8)9/h2-5,10H,1H2. The molecule has 0 aromatic carbocycles. The van der Waals surface area contributed by atoms with E-state index in [0.717, 1.165) is 9.88 Å².